The summed E-state index contributed by atoms with van der Waals surface area (Å²) in [6.45, 7) is 5.79. The van der Waals surface area contributed by atoms with Gasteiger partial charge in [0.25, 0.3) is 5.56 Å². The Morgan fingerprint density at radius 1 is 1.41 bits per heavy atom. The average molecular weight is 306 g/mol. The maximum Gasteiger partial charge on any atom is 0.251 e. The smallest absolute Gasteiger partial charge is 0.251 e. The lowest BCUT2D eigenvalue weighted by Crippen LogP contribution is -2.45. The normalized spacial score (nSPS) is 23.0. The highest BCUT2D eigenvalue weighted by atomic mass is 16.5. The van der Waals surface area contributed by atoms with Gasteiger partial charge in [0.2, 0.25) is 5.91 Å². The van der Waals surface area contributed by atoms with Crippen molar-refractivity contribution < 1.29 is 9.53 Å². The predicted molar refractivity (Wildman–Crippen MR) is 80.5 cm³/mol. The Bertz CT molecular complexity index is 595. The van der Waals surface area contributed by atoms with Crippen molar-refractivity contribution in [1.82, 2.24) is 19.8 Å². The van der Waals surface area contributed by atoms with Gasteiger partial charge in [0.15, 0.2) is 0 Å². The minimum Gasteiger partial charge on any atom is -0.368 e. The van der Waals surface area contributed by atoms with Crippen molar-refractivity contribution >= 4 is 5.91 Å². The largest absolute Gasteiger partial charge is 0.368 e. The molecule has 2 saturated heterocycles. The van der Waals surface area contributed by atoms with E-state index in [1.54, 1.807) is 6.92 Å². The van der Waals surface area contributed by atoms with Crippen LogP contribution in [0.2, 0.25) is 0 Å². The molecule has 1 aromatic heterocycles. The van der Waals surface area contributed by atoms with E-state index in [-0.39, 0.29) is 17.6 Å². The number of nitrogens with zero attached hydrogens (tertiary/aromatic N) is 3. The fraction of sp³-hybridized carbons (Fsp3) is 0.667. The van der Waals surface area contributed by atoms with Crippen LogP contribution in [0.4, 0.5) is 0 Å². The number of nitrogens with one attached hydrogen (secondary N) is 1. The molecule has 120 valence electrons. The fourth-order valence-electron chi connectivity index (χ4n) is 3.02. The van der Waals surface area contributed by atoms with Crippen LogP contribution in [0.25, 0.3) is 0 Å². The molecule has 7 heteroatoms. The first-order valence-electron chi connectivity index (χ1n) is 7.81. The van der Waals surface area contributed by atoms with Gasteiger partial charge in [-0.25, -0.2) is 4.98 Å². The van der Waals surface area contributed by atoms with Crippen LogP contribution in [0, 0.1) is 6.92 Å². The summed E-state index contributed by atoms with van der Waals surface area (Å²) in [5.41, 5.74) is 0.504. The van der Waals surface area contributed by atoms with Crippen molar-refractivity contribution in [3.8, 4) is 0 Å². The lowest BCUT2D eigenvalue weighted by molar-refractivity contribution is -0.133. The van der Waals surface area contributed by atoms with E-state index in [4.69, 9.17) is 4.74 Å². The number of morpholine rings is 1. The van der Waals surface area contributed by atoms with Gasteiger partial charge in [-0.15, -0.1) is 0 Å². The summed E-state index contributed by atoms with van der Waals surface area (Å²) in [5.74, 6) is 0.729. The van der Waals surface area contributed by atoms with Crippen molar-refractivity contribution in [3.63, 3.8) is 0 Å². The number of aryl methyl sites for hydroxylation is 1. The van der Waals surface area contributed by atoms with Gasteiger partial charge >= 0.3 is 0 Å². The zero-order chi connectivity index (χ0) is 15.5. The van der Waals surface area contributed by atoms with Crippen LogP contribution < -0.4 is 5.56 Å². The molecule has 0 aromatic carbocycles. The van der Waals surface area contributed by atoms with E-state index in [0.29, 0.717) is 31.2 Å². The third kappa shape index (κ3) is 3.53. The highest BCUT2D eigenvalue weighted by Gasteiger charge is 2.27. The number of hydrogen-bond donors (Lipinski definition) is 1. The van der Waals surface area contributed by atoms with Crippen molar-refractivity contribution in [1.29, 1.82) is 0 Å². The topological polar surface area (TPSA) is 78.5 Å². The molecule has 1 aromatic rings. The van der Waals surface area contributed by atoms with Gasteiger partial charge in [0.1, 0.15) is 11.9 Å². The van der Waals surface area contributed by atoms with Gasteiger partial charge in [-0.3, -0.25) is 14.5 Å². The van der Waals surface area contributed by atoms with E-state index in [9.17, 15) is 9.59 Å². The first kappa shape index (κ1) is 15.2. The third-order valence-corrected chi connectivity index (χ3v) is 4.16. The van der Waals surface area contributed by atoms with Crippen LogP contribution in [0.3, 0.4) is 0 Å². The Balaban J connectivity index is 1.63. The molecule has 1 N–H and O–H groups in total. The number of rotatable bonds is 3. The zero-order valence-electron chi connectivity index (χ0n) is 12.9. The Labute approximate surface area is 129 Å². The monoisotopic (exact) mass is 306 g/mol. The molecular formula is C15H22N4O3. The maximum absolute atomic E-state index is 12.2. The molecule has 2 aliphatic rings. The van der Waals surface area contributed by atoms with Gasteiger partial charge < -0.3 is 14.6 Å². The Kier molecular flexibility index (Phi) is 4.54. The van der Waals surface area contributed by atoms with E-state index in [1.807, 2.05) is 4.90 Å². The summed E-state index contributed by atoms with van der Waals surface area (Å²) in [6, 6.07) is 1.46. The van der Waals surface area contributed by atoms with Gasteiger partial charge in [-0.05, 0) is 19.8 Å². The van der Waals surface area contributed by atoms with Crippen molar-refractivity contribution in [2.75, 3.05) is 39.3 Å². The molecular weight excluding hydrogens is 284 g/mol. The number of aromatic nitrogens is 2. The number of amides is 1. The molecule has 0 bridgehead atoms. The van der Waals surface area contributed by atoms with Crippen LogP contribution in [0.1, 0.15) is 30.5 Å². The fourth-order valence-corrected chi connectivity index (χ4v) is 3.02. The molecule has 1 atom stereocenters. The second-order valence-corrected chi connectivity index (χ2v) is 5.95. The van der Waals surface area contributed by atoms with Crippen LogP contribution in [-0.2, 0) is 9.53 Å². The van der Waals surface area contributed by atoms with Gasteiger partial charge in [-0.1, -0.05) is 0 Å². The molecule has 0 spiro atoms. The lowest BCUT2D eigenvalue weighted by atomic mass is 10.2. The molecule has 2 fully saturated rings. The second kappa shape index (κ2) is 6.58. The summed E-state index contributed by atoms with van der Waals surface area (Å²) in [6.07, 6.45) is 1.92. The molecule has 0 saturated carbocycles. The first-order chi connectivity index (χ1) is 10.6. The van der Waals surface area contributed by atoms with Crippen LogP contribution in [-0.4, -0.2) is 65.0 Å². The maximum atomic E-state index is 12.2. The summed E-state index contributed by atoms with van der Waals surface area (Å²) >= 11 is 0. The summed E-state index contributed by atoms with van der Waals surface area (Å²) in [5, 5.41) is 0. The second-order valence-electron chi connectivity index (χ2n) is 5.95. The molecule has 3 heterocycles. The lowest BCUT2D eigenvalue weighted by Gasteiger charge is -2.32. The SMILES string of the molecule is Cc1cc(=O)[nH]c(C2CN(CC(=O)N3CCCC3)CCO2)n1. The minimum absolute atomic E-state index is 0.170. The van der Waals surface area contributed by atoms with Crippen LogP contribution >= 0.6 is 0 Å². The number of ether oxygens (including phenoxy) is 1. The molecule has 3 rings (SSSR count). The van der Waals surface area contributed by atoms with E-state index in [1.165, 1.54) is 6.07 Å². The number of likely N-dealkylation sites (tertiary alicyclic amines) is 1. The summed E-state index contributed by atoms with van der Waals surface area (Å²) in [7, 11) is 0. The molecule has 2 aliphatic heterocycles. The van der Waals surface area contributed by atoms with Crippen molar-refractivity contribution in [2.45, 2.75) is 25.9 Å². The number of hydrogen-bond acceptors (Lipinski definition) is 5. The Hall–Kier alpha value is -1.73. The van der Waals surface area contributed by atoms with Crippen molar-refractivity contribution in [2.24, 2.45) is 0 Å². The Morgan fingerprint density at radius 3 is 2.91 bits per heavy atom. The van der Waals surface area contributed by atoms with E-state index in [0.717, 1.165) is 32.5 Å². The first-order valence-corrected chi connectivity index (χ1v) is 7.81. The highest BCUT2D eigenvalue weighted by molar-refractivity contribution is 5.78. The minimum atomic E-state index is -0.285. The van der Waals surface area contributed by atoms with Gasteiger partial charge in [0, 0.05) is 37.9 Å². The van der Waals surface area contributed by atoms with E-state index in [2.05, 4.69) is 14.9 Å². The third-order valence-electron chi connectivity index (χ3n) is 4.16. The molecule has 0 aliphatic carbocycles. The molecule has 0 radical (unpaired) electrons. The highest BCUT2D eigenvalue weighted by Crippen LogP contribution is 2.19. The average Bonchev–Trinajstić information content (AvgIpc) is 3.01. The van der Waals surface area contributed by atoms with Crippen molar-refractivity contribution in [3.05, 3.63) is 27.9 Å². The zero-order valence-corrected chi connectivity index (χ0v) is 12.9. The van der Waals surface area contributed by atoms with E-state index >= 15 is 0 Å². The molecule has 7 nitrogen and oxygen atoms in total. The number of aromatic amines is 1. The predicted octanol–water partition coefficient (Wildman–Crippen LogP) is 0.0740. The molecule has 1 amide bonds. The van der Waals surface area contributed by atoms with Crippen LogP contribution in [0.15, 0.2) is 10.9 Å². The summed E-state index contributed by atoms with van der Waals surface area (Å²) < 4.78 is 5.71. The van der Waals surface area contributed by atoms with Gasteiger partial charge in [0.05, 0.1) is 13.2 Å². The standard InChI is InChI=1S/C15H22N4O3/c1-11-8-13(20)17-15(16-11)12-9-18(6-7-22-12)10-14(21)19-4-2-3-5-19/h8,12H,2-7,9-10H2,1H3,(H,16,17,20). The number of carbonyl (C=O) groups excluding carboxylic acids is 1. The number of H-pyrrole nitrogens is 1. The quantitative estimate of drug-likeness (QED) is 0.855. The summed E-state index contributed by atoms with van der Waals surface area (Å²) in [4.78, 5) is 34.9. The van der Waals surface area contributed by atoms with Crippen LogP contribution in [0.5, 0.6) is 0 Å². The van der Waals surface area contributed by atoms with Gasteiger partial charge in [-0.2, -0.15) is 0 Å². The number of carbonyl (C=O) groups is 1. The Morgan fingerprint density at radius 2 is 2.18 bits per heavy atom. The van der Waals surface area contributed by atoms with E-state index < -0.39 is 0 Å². The molecule has 22 heavy (non-hydrogen) atoms. The molecule has 1 unspecified atom stereocenters.